The van der Waals surface area contributed by atoms with Crippen LogP contribution in [0.25, 0.3) is 6.08 Å². The smallest absolute Gasteiger partial charge is 0.344 e. The number of aliphatic hydroxyl groups is 1. The Morgan fingerprint density at radius 2 is 1.73 bits per heavy atom. The average molecular weight is 467 g/mol. The van der Waals surface area contributed by atoms with Crippen molar-refractivity contribution >= 4 is 40.7 Å². The second-order valence-electron chi connectivity index (χ2n) is 6.89. The highest BCUT2D eigenvalue weighted by atomic mass is 32.2. The number of aliphatic hydroxyl groups excluding tert-OH is 1. The lowest BCUT2D eigenvalue weighted by atomic mass is 10.1. The van der Waals surface area contributed by atoms with Gasteiger partial charge in [0.2, 0.25) is 0 Å². The van der Waals surface area contributed by atoms with Gasteiger partial charge in [-0.2, -0.15) is 0 Å². The number of carbonyl (C=O) groups is 3. The first-order chi connectivity index (χ1) is 15.8. The van der Waals surface area contributed by atoms with E-state index in [9.17, 15) is 19.5 Å². The summed E-state index contributed by atoms with van der Waals surface area (Å²) < 4.78 is 10.1. The first kappa shape index (κ1) is 23.8. The van der Waals surface area contributed by atoms with E-state index in [1.54, 1.807) is 61.5 Å². The van der Waals surface area contributed by atoms with Gasteiger partial charge in [0.1, 0.15) is 22.1 Å². The summed E-state index contributed by atoms with van der Waals surface area (Å²) in [6.07, 6.45) is 1.61. The lowest BCUT2D eigenvalue weighted by Gasteiger charge is -2.03. The fourth-order valence-electron chi connectivity index (χ4n) is 2.80. The largest absolute Gasteiger partial charge is 0.506 e. The van der Waals surface area contributed by atoms with Crippen LogP contribution in [0.5, 0.6) is 5.75 Å². The van der Waals surface area contributed by atoms with Crippen LogP contribution in [0.2, 0.25) is 0 Å². The summed E-state index contributed by atoms with van der Waals surface area (Å²) in [5.41, 5.74) is 1.82. The molecule has 0 unspecified atom stereocenters. The minimum atomic E-state index is -1.09. The van der Waals surface area contributed by atoms with E-state index in [-0.39, 0.29) is 23.0 Å². The number of hydrogen-bond acceptors (Lipinski definition) is 7. The lowest BCUT2D eigenvalue weighted by Crippen LogP contribution is -2.14. The van der Waals surface area contributed by atoms with Gasteiger partial charge in [-0.05, 0) is 49.8 Å². The maximum Gasteiger partial charge on any atom is 0.344 e. The molecule has 3 rings (SSSR count). The molecule has 1 aliphatic rings. The van der Waals surface area contributed by atoms with Crippen molar-refractivity contribution < 1.29 is 34.1 Å². The van der Waals surface area contributed by atoms with Gasteiger partial charge in [0, 0.05) is 5.56 Å². The van der Waals surface area contributed by atoms with Gasteiger partial charge >= 0.3 is 11.9 Å². The minimum absolute atomic E-state index is 0.0455. The predicted octanol–water partition coefficient (Wildman–Crippen LogP) is 4.16. The highest BCUT2D eigenvalue weighted by Gasteiger charge is 2.33. The molecule has 170 valence electrons. The Kier molecular flexibility index (Phi) is 7.68. The maximum atomic E-state index is 12.6. The lowest BCUT2D eigenvalue weighted by molar-refractivity contribution is -0.139. The third-order valence-electron chi connectivity index (χ3n) is 4.41. The number of carbonyl (C=O) groups excluding carboxylic acids is 2. The first-order valence-electron chi connectivity index (χ1n) is 9.93. The molecule has 9 heteroatoms. The molecule has 0 aromatic heterocycles. The Morgan fingerprint density at radius 1 is 1.06 bits per heavy atom. The molecule has 0 spiro atoms. The minimum Gasteiger partial charge on any atom is -0.506 e. The average Bonchev–Trinajstić information content (AvgIpc) is 3.08. The molecule has 0 fully saturated rings. The molecule has 0 aliphatic carbocycles. The van der Waals surface area contributed by atoms with Crippen molar-refractivity contribution in [3.63, 3.8) is 0 Å². The number of carboxylic acids is 1. The second-order valence-corrected chi connectivity index (χ2v) is 7.92. The third-order valence-corrected chi connectivity index (χ3v) is 5.43. The standard InChI is InChI=1S/C24H21NO7S/c1-3-31-24(30)20-21(28)18(12-15-6-10-17(11-7-15)32-13-19(26)27)33-23(20)25-22(29)16-8-4-14(2)5-9-16/h4-12,28H,3,13H2,1-2H3,(H,26,27). The van der Waals surface area contributed by atoms with E-state index >= 15 is 0 Å². The van der Waals surface area contributed by atoms with Crippen molar-refractivity contribution in [2.45, 2.75) is 13.8 Å². The van der Waals surface area contributed by atoms with Crippen molar-refractivity contribution in [1.29, 1.82) is 0 Å². The van der Waals surface area contributed by atoms with Crippen LogP contribution in [0.4, 0.5) is 0 Å². The molecule has 1 amide bonds. The zero-order chi connectivity index (χ0) is 24.0. The number of aliphatic carboxylic acids is 1. The van der Waals surface area contributed by atoms with Gasteiger partial charge in [0.05, 0.1) is 11.5 Å². The van der Waals surface area contributed by atoms with E-state index in [0.717, 1.165) is 17.3 Å². The van der Waals surface area contributed by atoms with Crippen LogP contribution in [0.15, 0.2) is 69.8 Å². The van der Waals surface area contributed by atoms with Gasteiger partial charge in [-0.1, -0.05) is 41.6 Å². The topological polar surface area (TPSA) is 122 Å². The number of amides is 1. The Balaban J connectivity index is 1.90. The van der Waals surface area contributed by atoms with Gasteiger partial charge in [-0.3, -0.25) is 4.79 Å². The summed E-state index contributed by atoms with van der Waals surface area (Å²) in [6.45, 7) is 3.17. The van der Waals surface area contributed by atoms with Crippen LogP contribution in [-0.2, 0) is 14.3 Å². The van der Waals surface area contributed by atoms with Crippen LogP contribution in [0, 0.1) is 6.92 Å². The van der Waals surface area contributed by atoms with Gasteiger partial charge in [-0.15, -0.1) is 0 Å². The number of ether oxygens (including phenoxy) is 2. The molecule has 2 aromatic rings. The normalized spacial score (nSPS) is 15.7. The summed E-state index contributed by atoms with van der Waals surface area (Å²) in [6, 6.07) is 13.3. The number of carboxylic acid groups (broad SMARTS) is 1. The number of benzene rings is 2. The highest BCUT2D eigenvalue weighted by Crippen LogP contribution is 2.39. The Bertz CT molecular complexity index is 1160. The van der Waals surface area contributed by atoms with Crippen LogP contribution < -0.4 is 4.74 Å². The first-order valence-corrected chi connectivity index (χ1v) is 10.7. The number of aliphatic imine (C=N–C) groups is 1. The maximum absolute atomic E-state index is 12.6. The van der Waals surface area contributed by atoms with Gasteiger partial charge in [0.15, 0.2) is 6.61 Å². The molecular weight excluding hydrogens is 446 g/mol. The molecule has 33 heavy (non-hydrogen) atoms. The van der Waals surface area contributed by atoms with E-state index in [1.807, 2.05) is 6.92 Å². The molecule has 0 saturated heterocycles. The molecule has 1 aliphatic heterocycles. The third kappa shape index (κ3) is 6.11. The van der Waals surface area contributed by atoms with Crippen LogP contribution >= 0.6 is 11.8 Å². The second kappa shape index (κ2) is 10.6. The fraction of sp³-hybridized carbons (Fsp3) is 0.167. The zero-order valence-electron chi connectivity index (χ0n) is 17.9. The molecule has 8 nitrogen and oxygen atoms in total. The van der Waals surface area contributed by atoms with Crippen molar-refractivity contribution in [1.82, 2.24) is 0 Å². The highest BCUT2D eigenvalue weighted by molar-refractivity contribution is 8.18. The molecule has 2 N–H and O–H groups in total. The zero-order valence-corrected chi connectivity index (χ0v) is 18.7. The molecule has 0 bridgehead atoms. The fourth-order valence-corrected chi connectivity index (χ4v) is 3.81. The summed E-state index contributed by atoms with van der Waals surface area (Å²) in [4.78, 5) is 40.1. The summed E-state index contributed by atoms with van der Waals surface area (Å²) in [5.74, 6) is -2.37. The van der Waals surface area contributed by atoms with Crippen molar-refractivity contribution in [3.05, 3.63) is 81.5 Å². The van der Waals surface area contributed by atoms with E-state index in [0.29, 0.717) is 21.8 Å². The van der Waals surface area contributed by atoms with Crippen LogP contribution in [0.3, 0.4) is 0 Å². The molecule has 2 aromatic carbocycles. The van der Waals surface area contributed by atoms with Crippen molar-refractivity contribution in [3.8, 4) is 5.75 Å². The monoisotopic (exact) mass is 467 g/mol. The molecular formula is C24H21NO7S. The molecule has 0 radical (unpaired) electrons. The van der Waals surface area contributed by atoms with E-state index < -0.39 is 24.5 Å². The van der Waals surface area contributed by atoms with Crippen molar-refractivity contribution in [2.75, 3.05) is 13.2 Å². The summed E-state index contributed by atoms with van der Waals surface area (Å²) >= 11 is 0.977. The van der Waals surface area contributed by atoms with Gasteiger partial charge < -0.3 is 19.7 Å². The van der Waals surface area contributed by atoms with Gasteiger partial charge in [-0.25, -0.2) is 14.6 Å². The van der Waals surface area contributed by atoms with Crippen LogP contribution in [0.1, 0.15) is 28.4 Å². The number of rotatable bonds is 7. The van der Waals surface area contributed by atoms with E-state index in [1.165, 1.54) is 0 Å². The van der Waals surface area contributed by atoms with Gasteiger partial charge in [0.25, 0.3) is 5.91 Å². The SMILES string of the molecule is CCOC(=O)C1=C(O)C(=Cc2ccc(OCC(=O)O)cc2)SC1=NC(=O)c1ccc(C)cc1. The Morgan fingerprint density at radius 3 is 2.33 bits per heavy atom. The number of thioether (sulfide) groups is 1. The van der Waals surface area contributed by atoms with E-state index in [4.69, 9.17) is 14.6 Å². The Hall–Kier alpha value is -3.85. The number of nitrogens with zero attached hydrogens (tertiary/aromatic N) is 1. The predicted molar refractivity (Wildman–Crippen MR) is 124 cm³/mol. The molecule has 0 atom stereocenters. The van der Waals surface area contributed by atoms with Crippen molar-refractivity contribution in [2.24, 2.45) is 4.99 Å². The van der Waals surface area contributed by atoms with E-state index in [2.05, 4.69) is 4.99 Å². The Labute approximate surface area is 194 Å². The molecule has 0 saturated carbocycles. The number of hydrogen-bond donors (Lipinski definition) is 2. The summed E-state index contributed by atoms with van der Waals surface area (Å²) in [5, 5.41) is 19.4. The van der Waals surface area contributed by atoms with Crippen LogP contribution in [-0.4, -0.2) is 46.3 Å². The summed E-state index contributed by atoms with van der Waals surface area (Å²) in [7, 11) is 0. The quantitative estimate of drug-likeness (QED) is 0.582. The molecule has 1 heterocycles. The number of aryl methyl sites for hydroxylation is 1. The number of esters is 1.